The summed E-state index contributed by atoms with van der Waals surface area (Å²) in [4.78, 5) is 20.8. The standard InChI is InChI=1S/C23H18F2N4O5S2/c1-33-23-15(11-35-29-23)17-3-2-12-9-26-14(8-18(12)28-17)10-27-22(30)13-6-16(24)21-19(7-13)36(31,32)20(25)4-5-34-21/h2-3,6-9,11,20H,4-5,10H2,1H3,(H,27,30)/t20-/m1/s1/i1D3. The average molecular weight is 536 g/mol. The van der Waals surface area contributed by atoms with Crippen molar-refractivity contribution in [1.82, 2.24) is 19.7 Å². The van der Waals surface area contributed by atoms with Gasteiger partial charge in [-0.2, -0.15) is 4.37 Å². The first kappa shape index (κ1) is 20.5. The van der Waals surface area contributed by atoms with Crippen LogP contribution in [0.1, 0.15) is 26.6 Å². The molecule has 13 heteroatoms. The molecule has 4 heterocycles. The van der Waals surface area contributed by atoms with Gasteiger partial charge >= 0.3 is 0 Å². The quantitative estimate of drug-likeness (QED) is 0.411. The fraction of sp³-hybridized carbons (Fsp3) is 0.217. The number of sulfone groups is 1. The first-order valence-corrected chi connectivity index (χ1v) is 12.8. The van der Waals surface area contributed by atoms with Gasteiger partial charge in [0.1, 0.15) is 4.90 Å². The average Bonchev–Trinajstić information content (AvgIpc) is 3.29. The number of carbonyl (C=O) groups is 1. The third-order valence-electron chi connectivity index (χ3n) is 5.48. The lowest BCUT2D eigenvalue weighted by Crippen LogP contribution is -2.24. The van der Waals surface area contributed by atoms with E-state index in [2.05, 4.69) is 19.7 Å². The molecule has 1 aromatic carbocycles. The lowest BCUT2D eigenvalue weighted by Gasteiger charge is -2.12. The van der Waals surface area contributed by atoms with E-state index in [1.165, 1.54) is 6.20 Å². The number of nitrogens with one attached hydrogen (secondary N) is 1. The summed E-state index contributed by atoms with van der Waals surface area (Å²) in [6, 6.07) is 6.68. The van der Waals surface area contributed by atoms with Gasteiger partial charge in [-0.25, -0.2) is 22.2 Å². The second kappa shape index (κ2) is 9.39. The first-order chi connectivity index (χ1) is 18.4. The summed E-state index contributed by atoms with van der Waals surface area (Å²) in [5, 5.41) is 4.80. The Balaban J connectivity index is 1.37. The van der Waals surface area contributed by atoms with Crippen molar-refractivity contribution in [3.63, 3.8) is 0 Å². The van der Waals surface area contributed by atoms with E-state index in [0.717, 1.165) is 23.7 Å². The number of alkyl halides is 1. The largest absolute Gasteiger partial charge is 0.489 e. The molecule has 186 valence electrons. The molecule has 0 saturated heterocycles. The fourth-order valence-electron chi connectivity index (χ4n) is 3.64. The van der Waals surface area contributed by atoms with Gasteiger partial charge in [0.05, 0.1) is 46.8 Å². The number of ether oxygens (including phenoxy) is 2. The highest BCUT2D eigenvalue weighted by atomic mass is 32.2. The number of rotatable bonds is 5. The van der Waals surface area contributed by atoms with Crippen molar-refractivity contribution < 1.29 is 35.6 Å². The summed E-state index contributed by atoms with van der Waals surface area (Å²) < 4.78 is 89.5. The number of aromatic nitrogens is 3. The molecule has 3 aromatic heterocycles. The zero-order chi connectivity index (χ0) is 27.9. The number of methoxy groups -OCH3 is 1. The van der Waals surface area contributed by atoms with Gasteiger partial charge in [-0.1, -0.05) is 0 Å². The molecule has 36 heavy (non-hydrogen) atoms. The summed E-state index contributed by atoms with van der Waals surface area (Å²) >= 11 is 1.01. The Morgan fingerprint density at radius 1 is 1.36 bits per heavy atom. The molecule has 1 aliphatic rings. The predicted octanol–water partition coefficient (Wildman–Crippen LogP) is 3.68. The number of hydrogen-bond acceptors (Lipinski definition) is 9. The molecular formula is C23H18F2N4O5S2. The maximum atomic E-state index is 14.6. The monoisotopic (exact) mass is 535 g/mol. The smallest absolute Gasteiger partial charge is 0.251 e. The maximum absolute atomic E-state index is 14.6. The molecule has 0 fully saturated rings. The molecule has 4 aromatic rings. The molecule has 0 bridgehead atoms. The number of carbonyl (C=O) groups excluding carboxylic acids is 1. The van der Waals surface area contributed by atoms with Crippen LogP contribution < -0.4 is 14.8 Å². The van der Waals surface area contributed by atoms with Crippen molar-refractivity contribution in [3.05, 3.63) is 59.0 Å². The lowest BCUT2D eigenvalue weighted by molar-refractivity contribution is 0.0949. The van der Waals surface area contributed by atoms with E-state index in [4.69, 9.17) is 13.6 Å². The maximum Gasteiger partial charge on any atom is 0.251 e. The molecule has 5 rings (SSSR count). The number of benzene rings is 1. The Labute approximate surface area is 212 Å². The second-order valence-corrected chi connectivity index (χ2v) is 10.4. The minimum Gasteiger partial charge on any atom is -0.489 e. The highest BCUT2D eigenvalue weighted by Gasteiger charge is 2.35. The normalized spacial score (nSPS) is 18.2. The fourth-order valence-corrected chi connectivity index (χ4v) is 5.64. The van der Waals surface area contributed by atoms with Crippen LogP contribution >= 0.6 is 11.5 Å². The minimum atomic E-state index is -4.54. The van der Waals surface area contributed by atoms with Gasteiger partial charge in [0.2, 0.25) is 21.2 Å². The Bertz CT molecular complexity index is 1700. The molecule has 0 radical (unpaired) electrons. The molecule has 1 N–H and O–H groups in total. The Morgan fingerprint density at radius 2 is 2.22 bits per heavy atom. The number of fused-ring (bicyclic) bond motifs is 2. The summed E-state index contributed by atoms with van der Waals surface area (Å²) in [5.41, 5.74) is -0.961. The summed E-state index contributed by atoms with van der Waals surface area (Å²) in [5.74, 6) is -2.60. The number of hydrogen-bond donors (Lipinski definition) is 1. The SMILES string of the molecule is [2H]C([2H])([2H])Oc1nscc1-c1ccc2cnc(CNC(=O)c3cc(F)c4c(c3)S(=O)(=O)[C@@H](F)CCO4)cc2n1. The zero-order valence-corrected chi connectivity index (χ0v) is 19.8. The molecule has 9 nitrogen and oxygen atoms in total. The number of pyridine rings is 2. The van der Waals surface area contributed by atoms with E-state index in [-0.39, 0.29) is 24.6 Å². The first-order valence-electron chi connectivity index (χ1n) is 11.9. The Hall–Kier alpha value is -3.71. The number of halogens is 2. The van der Waals surface area contributed by atoms with Crippen LogP contribution in [0.15, 0.2) is 46.8 Å². The van der Waals surface area contributed by atoms with Gasteiger partial charge in [0.15, 0.2) is 11.6 Å². The van der Waals surface area contributed by atoms with Crippen LogP contribution in [0.3, 0.4) is 0 Å². The molecule has 1 aliphatic heterocycles. The van der Waals surface area contributed by atoms with Crippen molar-refractivity contribution >= 4 is 38.2 Å². The van der Waals surface area contributed by atoms with E-state index in [1.54, 1.807) is 23.6 Å². The highest BCUT2D eigenvalue weighted by molar-refractivity contribution is 7.92. The molecule has 1 amide bonds. The van der Waals surface area contributed by atoms with Gasteiger partial charge < -0.3 is 14.8 Å². The Kier molecular flexibility index (Phi) is 5.34. The van der Waals surface area contributed by atoms with Gasteiger partial charge in [-0.05, 0) is 41.9 Å². The minimum absolute atomic E-state index is 0.0760. The topological polar surface area (TPSA) is 120 Å². The van der Waals surface area contributed by atoms with E-state index >= 15 is 0 Å². The lowest BCUT2D eigenvalue weighted by atomic mass is 10.1. The van der Waals surface area contributed by atoms with Crippen LogP contribution in [-0.2, 0) is 16.4 Å². The summed E-state index contributed by atoms with van der Waals surface area (Å²) in [6.45, 7) is -0.447. The van der Waals surface area contributed by atoms with Crippen LogP contribution in [0.4, 0.5) is 8.78 Å². The molecule has 1 atom stereocenters. The number of nitrogens with zero attached hydrogens (tertiary/aromatic N) is 3. The highest BCUT2D eigenvalue weighted by Crippen LogP contribution is 2.35. The second-order valence-electron chi connectivity index (χ2n) is 7.76. The molecular weight excluding hydrogens is 514 g/mol. The van der Waals surface area contributed by atoms with Gasteiger partial charge in [0.25, 0.3) is 5.91 Å². The van der Waals surface area contributed by atoms with Crippen LogP contribution in [0.25, 0.3) is 22.2 Å². The summed E-state index contributed by atoms with van der Waals surface area (Å²) in [7, 11) is -7.22. The summed E-state index contributed by atoms with van der Waals surface area (Å²) in [6.07, 6.45) is 1.06. The van der Waals surface area contributed by atoms with Crippen LogP contribution in [0.5, 0.6) is 11.6 Å². The van der Waals surface area contributed by atoms with Crippen molar-refractivity contribution in [1.29, 1.82) is 0 Å². The van der Waals surface area contributed by atoms with E-state index in [1.807, 2.05) is 0 Å². The predicted molar refractivity (Wildman–Crippen MR) is 127 cm³/mol. The number of amides is 1. The van der Waals surface area contributed by atoms with Crippen molar-refractivity contribution in [2.45, 2.75) is 23.4 Å². The molecule has 0 unspecified atom stereocenters. The zero-order valence-electron chi connectivity index (χ0n) is 21.2. The third-order valence-corrected chi connectivity index (χ3v) is 7.91. The van der Waals surface area contributed by atoms with Gasteiger partial charge in [0, 0.05) is 28.9 Å². The van der Waals surface area contributed by atoms with E-state index in [0.29, 0.717) is 27.9 Å². The van der Waals surface area contributed by atoms with E-state index < -0.39 is 51.2 Å². The van der Waals surface area contributed by atoms with Crippen molar-refractivity contribution in [2.75, 3.05) is 13.6 Å². The molecule has 0 spiro atoms. The van der Waals surface area contributed by atoms with Crippen molar-refractivity contribution in [3.8, 4) is 22.9 Å². The van der Waals surface area contributed by atoms with Crippen LogP contribution in [0, 0.1) is 5.82 Å². The van der Waals surface area contributed by atoms with Crippen LogP contribution in [-0.4, -0.2) is 47.8 Å². The van der Waals surface area contributed by atoms with E-state index in [9.17, 15) is 22.0 Å². The van der Waals surface area contributed by atoms with Gasteiger partial charge in [-0.3, -0.25) is 9.78 Å². The van der Waals surface area contributed by atoms with Crippen molar-refractivity contribution in [2.24, 2.45) is 0 Å². The third kappa shape index (κ3) is 4.35. The van der Waals surface area contributed by atoms with Crippen LogP contribution in [0.2, 0.25) is 0 Å². The molecule has 0 aliphatic carbocycles. The van der Waals surface area contributed by atoms with Gasteiger partial charge in [-0.15, -0.1) is 0 Å². The Morgan fingerprint density at radius 3 is 3.06 bits per heavy atom. The molecule has 0 saturated carbocycles.